The van der Waals surface area contributed by atoms with E-state index in [1.165, 1.54) is 36.8 Å². The summed E-state index contributed by atoms with van der Waals surface area (Å²) in [5.41, 5.74) is 8.17. The topological polar surface area (TPSA) is 58.8 Å². The molecule has 28 heavy (non-hydrogen) atoms. The molecule has 3 rings (SSSR count). The molecule has 2 N–H and O–H groups in total. The largest absolute Gasteiger partial charge is 0.444 e. The highest BCUT2D eigenvalue weighted by molar-refractivity contribution is 5.68. The molecular formula is C23H37N3O2. The van der Waals surface area contributed by atoms with Gasteiger partial charge in [-0.15, -0.1) is 0 Å². The van der Waals surface area contributed by atoms with Crippen molar-refractivity contribution in [1.29, 1.82) is 0 Å². The minimum atomic E-state index is -0.442. The Bertz CT molecular complexity index is 637. The van der Waals surface area contributed by atoms with E-state index >= 15 is 0 Å². The predicted octanol–water partition coefficient (Wildman–Crippen LogP) is 4.49. The van der Waals surface area contributed by atoms with Gasteiger partial charge in [0.2, 0.25) is 0 Å². The van der Waals surface area contributed by atoms with E-state index < -0.39 is 5.60 Å². The molecule has 1 aromatic rings. The monoisotopic (exact) mass is 387 g/mol. The van der Waals surface area contributed by atoms with Gasteiger partial charge in [0, 0.05) is 38.3 Å². The molecule has 1 amide bonds. The third-order valence-electron chi connectivity index (χ3n) is 6.01. The van der Waals surface area contributed by atoms with Crippen LogP contribution in [0.25, 0.3) is 0 Å². The second-order valence-corrected chi connectivity index (χ2v) is 9.45. The predicted molar refractivity (Wildman–Crippen MR) is 113 cm³/mol. The maximum absolute atomic E-state index is 12.4. The average Bonchev–Trinajstić information content (AvgIpc) is 3.16. The van der Waals surface area contributed by atoms with Crippen LogP contribution in [-0.2, 0) is 4.74 Å². The molecule has 2 fully saturated rings. The lowest BCUT2D eigenvalue weighted by atomic mass is 9.89. The van der Waals surface area contributed by atoms with Crippen molar-refractivity contribution in [3.05, 3.63) is 35.4 Å². The second kappa shape index (κ2) is 8.83. The highest BCUT2D eigenvalue weighted by atomic mass is 16.6. The Morgan fingerprint density at radius 3 is 2.07 bits per heavy atom. The van der Waals surface area contributed by atoms with Crippen molar-refractivity contribution in [3.63, 3.8) is 0 Å². The molecule has 1 heterocycles. The zero-order valence-corrected chi connectivity index (χ0v) is 18.0. The Balaban J connectivity index is 1.69. The minimum Gasteiger partial charge on any atom is -0.444 e. The lowest BCUT2D eigenvalue weighted by Gasteiger charge is -2.42. The fraction of sp³-hybridized carbons (Fsp3) is 0.696. The van der Waals surface area contributed by atoms with Crippen molar-refractivity contribution >= 4 is 6.09 Å². The number of amides is 1. The summed E-state index contributed by atoms with van der Waals surface area (Å²) in [4.78, 5) is 16.8. The Hall–Kier alpha value is -1.59. The maximum atomic E-state index is 12.4. The van der Waals surface area contributed by atoms with Gasteiger partial charge in [-0.05, 0) is 57.6 Å². The van der Waals surface area contributed by atoms with Crippen molar-refractivity contribution in [2.75, 3.05) is 26.2 Å². The number of nitrogens with zero attached hydrogens (tertiary/aromatic N) is 2. The number of hydrogen-bond donors (Lipinski definition) is 1. The van der Waals surface area contributed by atoms with Crippen LogP contribution >= 0.6 is 0 Å². The Morgan fingerprint density at radius 2 is 1.57 bits per heavy atom. The fourth-order valence-corrected chi connectivity index (χ4v) is 4.56. The quantitative estimate of drug-likeness (QED) is 0.827. The normalized spacial score (nSPS) is 21.5. The Labute approximate surface area is 170 Å². The average molecular weight is 388 g/mol. The van der Waals surface area contributed by atoms with Crippen LogP contribution in [0.4, 0.5) is 4.79 Å². The highest BCUT2D eigenvalue weighted by Gasteiger charge is 2.34. The summed E-state index contributed by atoms with van der Waals surface area (Å²) in [6.45, 7) is 11.0. The maximum Gasteiger partial charge on any atom is 0.410 e. The van der Waals surface area contributed by atoms with E-state index in [2.05, 4.69) is 29.2 Å². The second-order valence-electron chi connectivity index (χ2n) is 9.45. The molecule has 0 spiro atoms. The number of piperazine rings is 1. The van der Waals surface area contributed by atoms with Crippen molar-refractivity contribution < 1.29 is 9.53 Å². The molecule has 0 radical (unpaired) electrons. The fourth-order valence-electron chi connectivity index (χ4n) is 4.56. The number of carbonyl (C=O) groups excluding carboxylic acids is 1. The van der Waals surface area contributed by atoms with E-state index in [-0.39, 0.29) is 12.1 Å². The summed E-state index contributed by atoms with van der Waals surface area (Å²) in [5.74, 6) is 0.703. The number of benzene rings is 1. The molecule has 5 nitrogen and oxygen atoms in total. The van der Waals surface area contributed by atoms with Crippen LogP contribution < -0.4 is 5.73 Å². The van der Waals surface area contributed by atoms with Gasteiger partial charge in [-0.25, -0.2) is 4.79 Å². The molecule has 1 saturated heterocycles. The molecule has 2 aliphatic rings. The number of nitrogens with two attached hydrogens (primary N) is 1. The molecular weight excluding hydrogens is 350 g/mol. The zero-order valence-electron chi connectivity index (χ0n) is 18.0. The Kier molecular flexibility index (Phi) is 6.66. The first-order valence-corrected chi connectivity index (χ1v) is 10.8. The lowest BCUT2D eigenvalue weighted by Crippen LogP contribution is -2.51. The summed E-state index contributed by atoms with van der Waals surface area (Å²) in [6, 6.07) is 9.39. The molecule has 156 valence electrons. The number of carbonyl (C=O) groups is 1. The molecule has 5 heteroatoms. The first kappa shape index (κ1) is 21.1. The van der Waals surface area contributed by atoms with Crippen LogP contribution in [-0.4, -0.2) is 47.7 Å². The van der Waals surface area contributed by atoms with Gasteiger partial charge in [-0.1, -0.05) is 37.1 Å². The molecule has 1 aliphatic carbocycles. The van der Waals surface area contributed by atoms with Crippen LogP contribution in [0.3, 0.4) is 0 Å². The van der Waals surface area contributed by atoms with Crippen LogP contribution in [0.2, 0.25) is 0 Å². The third-order valence-corrected chi connectivity index (χ3v) is 6.01. The van der Waals surface area contributed by atoms with Crippen LogP contribution in [0.1, 0.15) is 76.6 Å². The summed E-state index contributed by atoms with van der Waals surface area (Å²) in [5, 5.41) is 0. The van der Waals surface area contributed by atoms with Crippen molar-refractivity contribution in [2.24, 2.45) is 11.7 Å². The number of ether oxygens (including phenoxy) is 1. The van der Waals surface area contributed by atoms with Crippen LogP contribution in [0.15, 0.2) is 24.3 Å². The van der Waals surface area contributed by atoms with Crippen molar-refractivity contribution in [3.8, 4) is 0 Å². The van der Waals surface area contributed by atoms with Gasteiger partial charge in [0.15, 0.2) is 0 Å². The van der Waals surface area contributed by atoms with Gasteiger partial charge >= 0.3 is 6.09 Å². The molecule has 2 atom stereocenters. The van der Waals surface area contributed by atoms with Gasteiger partial charge in [0.05, 0.1) is 0 Å². The van der Waals surface area contributed by atoms with Gasteiger partial charge < -0.3 is 15.4 Å². The van der Waals surface area contributed by atoms with Crippen LogP contribution in [0.5, 0.6) is 0 Å². The van der Waals surface area contributed by atoms with Gasteiger partial charge in [0.25, 0.3) is 0 Å². The van der Waals surface area contributed by atoms with E-state index in [4.69, 9.17) is 10.5 Å². The molecule has 1 saturated carbocycles. The summed E-state index contributed by atoms with van der Waals surface area (Å²) >= 11 is 0. The standard InChI is InChI=1S/C23H37N3O2/c1-17(24)18-9-11-20(12-10-18)21(19-7-5-6-8-19)25-13-15-26(16-14-25)22(27)28-23(2,3)4/h9-12,17,19,21H,5-8,13-16,24H2,1-4H3/t17-,21?/m0/s1. The third kappa shape index (κ3) is 5.26. The van der Waals surface area contributed by atoms with E-state index in [9.17, 15) is 4.79 Å². The van der Waals surface area contributed by atoms with E-state index in [0.717, 1.165) is 26.2 Å². The van der Waals surface area contributed by atoms with Crippen molar-refractivity contribution in [2.45, 2.75) is 71.1 Å². The minimum absolute atomic E-state index is 0.0661. The first-order valence-electron chi connectivity index (χ1n) is 10.8. The van der Waals surface area contributed by atoms with E-state index in [0.29, 0.717) is 12.0 Å². The molecule has 0 bridgehead atoms. The van der Waals surface area contributed by atoms with Crippen molar-refractivity contribution in [1.82, 2.24) is 9.80 Å². The molecule has 0 aromatic heterocycles. The van der Waals surface area contributed by atoms with Crippen LogP contribution in [0, 0.1) is 5.92 Å². The molecule has 1 aliphatic heterocycles. The molecule has 1 aromatic carbocycles. The van der Waals surface area contributed by atoms with Gasteiger partial charge in [-0.2, -0.15) is 0 Å². The van der Waals surface area contributed by atoms with E-state index in [1.807, 2.05) is 32.6 Å². The number of rotatable bonds is 4. The molecule has 1 unspecified atom stereocenters. The summed E-state index contributed by atoms with van der Waals surface area (Å²) in [7, 11) is 0. The lowest BCUT2D eigenvalue weighted by molar-refractivity contribution is 0.00646. The summed E-state index contributed by atoms with van der Waals surface area (Å²) < 4.78 is 5.55. The SMILES string of the molecule is C[C@H](N)c1ccc(C(C2CCCC2)N2CCN(C(=O)OC(C)(C)C)CC2)cc1. The smallest absolute Gasteiger partial charge is 0.410 e. The van der Waals surface area contributed by atoms with Gasteiger partial charge in [0.1, 0.15) is 5.60 Å². The highest BCUT2D eigenvalue weighted by Crippen LogP contribution is 2.40. The zero-order chi connectivity index (χ0) is 20.3. The summed E-state index contributed by atoms with van der Waals surface area (Å²) in [6.07, 6.45) is 5.07. The number of hydrogen-bond acceptors (Lipinski definition) is 4. The Morgan fingerprint density at radius 1 is 1.04 bits per heavy atom. The van der Waals surface area contributed by atoms with Gasteiger partial charge in [-0.3, -0.25) is 4.90 Å². The van der Waals surface area contributed by atoms with E-state index in [1.54, 1.807) is 0 Å². The first-order chi connectivity index (χ1) is 13.2.